The van der Waals surface area contributed by atoms with Gasteiger partial charge in [-0.25, -0.2) is 0 Å². The third kappa shape index (κ3) is 5.09. The van der Waals surface area contributed by atoms with Crippen LogP contribution in [-0.4, -0.2) is 5.91 Å². The quantitative estimate of drug-likeness (QED) is 0.619. The SMILES string of the molecule is CCc1cccc(C)c1NC(=O)C[n+]1cccc(-c2ccccc2)c1.[Y]. The Kier molecular flexibility index (Phi) is 7.68. The van der Waals surface area contributed by atoms with Crippen molar-refractivity contribution in [2.45, 2.75) is 26.8 Å². The van der Waals surface area contributed by atoms with Crippen LogP contribution in [0.2, 0.25) is 0 Å². The van der Waals surface area contributed by atoms with Gasteiger partial charge in [-0.05, 0) is 36.1 Å². The Morgan fingerprint density at radius 3 is 2.42 bits per heavy atom. The molecule has 1 aromatic heterocycles. The van der Waals surface area contributed by atoms with Crippen molar-refractivity contribution >= 4 is 11.6 Å². The van der Waals surface area contributed by atoms with Gasteiger partial charge in [0.15, 0.2) is 12.4 Å². The number of para-hydroxylation sites is 1. The third-order valence-corrected chi connectivity index (χ3v) is 4.30. The average Bonchev–Trinajstić information content (AvgIpc) is 2.64. The minimum Gasteiger partial charge on any atom is -0.320 e. The Morgan fingerprint density at radius 2 is 1.69 bits per heavy atom. The molecule has 0 bridgehead atoms. The van der Waals surface area contributed by atoms with Crippen molar-refractivity contribution in [1.29, 1.82) is 0 Å². The summed E-state index contributed by atoms with van der Waals surface area (Å²) in [5, 5.41) is 3.08. The topological polar surface area (TPSA) is 33.0 Å². The predicted octanol–water partition coefficient (Wildman–Crippen LogP) is 4.15. The number of amides is 1. The molecule has 0 spiro atoms. The summed E-state index contributed by atoms with van der Waals surface area (Å²) in [6.45, 7) is 4.42. The second kappa shape index (κ2) is 9.75. The molecule has 1 heterocycles. The molecule has 1 amide bonds. The number of hydrogen-bond donors (Lipinski definition) is 1. The first-order chi connectivity index (χ1) is 12.2. The number of aromatic nitrogens is 1. The van der Waals surface area contributed by atoms with Gasteiger partial charge in [-0.15, -0.1) is 0 Å². The van der Waals surface area contributed by atoms with Gasteiger partial charge in [-0.2, -0.15) is 4.57 Å². The van der Waals surface area contributed by atoms with Gasteiger partial charge in [0, 0.05) is 50.0 Å². The Labute approximate surface area is 180 Å². The number of pyridine rings is 1. The molecule has 0 aliphatic rings. The minimum absolute atomic E-state index is 0. The van der Waals surface area contributed by atoms with Crippen LogP contribution in [-0.2, 0) is 50.5 Å². The van der Waals surface area contributed by atoms with Crippen molar-refractivity contribution in [2.24, 2.45) is 0 Å². The number of nitrogens with zero attached hydrogens (tertiary/aromatic N) is 1. The zero-order chi connectivity index (χ0) is 17.6. The summed E-state index contributed by atoms with van der Waals surface area (Å²) in [4.78, 5) is 12.5. The van der Waals surface area contributed by atoms with Gasteiger partial charge < -0.3 is 5.32 Å². The first kappa shape index (κ1) is 20.5. The van der Waals surface area contributed by atoms with Crippen LogP contribution in [0.5, 0.6) is 0 Å². The molecule has 0 aliphatic heterocycles. The molecule has 3 rings (SSSR count). The Balaban J connectivity index is 0.00000243. The number of carbonyl (C=O) groups excluding carboxylic acids is 1. The second-order valence-corrected chi connectivity index (χ2v) is 6.14. The number of nitrogens with one attached hydrogen (secondary N) is 1. The van der Waals surface area contributed by atoms with Crippen molar-refractivity contribution in [2.75, 3.05) is 5.32 Å². The van der Waals surface area contributed by atoms with Crippen LogP contribution in [0.1, 0.15) is 18.1 Å². The van der Waals surface area contributed by atoms with Crippen LogP contribution < -0.4 is 9.88 Å². The summed E-state index contributed by atoms with van der Waals surface area (Å²) in [5.74, 6) is -0.0146. The first-order valence-corrected chi connectivity index (χ1v) is 8.60. The summed E-state index contributed by atoms with van der Waals surface area (Å²) in [7, 11) is 0. The zero-order valence-electron chi connectivity index (χ0n) is 15.3. The van der Waals surface area contributed by atoms with Crippen molar-refractivity contribution in [1.82, 2.24) is 0 Å². The molecule has 129 valence electrons. The van der Waals surface area contributed by atoms with Crippen LogP contribution in [0, 0.1) is 6.92 Å². The molecule has 0 saturated heterocycles. The Morgan fingerprint density at radius 1 is 0.962 bits per heavy atom. The first-order valence-electron chi connectivity index (χ1n) is 8.60. The van der Waals surface area contributed by atoms with E-state index < -0.39 is 0 Å². The fourth-order valence-electron chi connectivity index (χ4n) is 2.97. The minimum atomic E-state index is -0.0146. The Bertz CT molecular complexity index is 878. The van der Waals surface area contributed by atoms with E-state index in [0.717, 1.165) is 34.4 Å². The number of anilines is 1. The number of carbonyl (C=O) groups is 1. The molecule has 4 heteroatoms. The van der Waals surface area contributed by atoms with E-state index in [0.29, 0.717) is 0 Å². The summed E-state index contributed by atoms with van der Waals surface area (Å²) in [6.07, 6.45) is 4.83. The molecule has 0 aliphatic carbocycles. The van der Waals surface area contributed by atoms with E-state index in [4.69, 9.17) is 0 Å². The number of benzene rings is 2. The molecule has 1 N–H and O–H groups in total. The van der Waals surface area contributed by atoms with Gasteiger partial charge in [0.1, 0.15) is 0 Å². The van der Waals surface area contributed by atoms with E-state index in [2.05, 4.69) is 36.5 Å². The second-order valence-electron chi connectivity index (χ2n) is 6.14. The maximum Gasteiger partial charge on any atom is 0.290 e. The maximum absolute atomic E-state index is 12.5. The third-order valence-electron chi connectivity index (χ3n) is 4.30. The number of rotatable bonds is 5. The van der Waals surface area contributed by atoms with Crippen LogP contribution in [0.25, 0.3) is 11.1 Å². The molecule has 1 radical (unpaired) electrons. The number of hydrogen-bond acceptors (Lipinski definition) is 1. The predicted molar refractivity (Wildman–Crippen MR) is 101 cm³/mol. The van der Waals surface area contributed by atoms with E-state index >= 15 is 0 Å². The maximum atomic E-state index is 12.5. The van der Waals surface area contributed by atoms with E-state index in [1.54, 1.807) is 0 Å². The summed E-state index contributed by atoms with van der Waals surface area (Å²) in [6, 6.07) is 20.3. The molecule has 0 unspecified atom stereocenters. The summed E-state index contributed by atoms with van der Waals surface area (Å²) in [5.41, 5.74) is 5.44. The summed E-state index contributed by atoms with van der Waals surface area (Å²) >= 11 is 0. The molecule has 2 aromatic carbocycles. The van der Waals surface area contributed by atoms with Gasteiger partial charge in [0.25, 0.3) is 5.91 Å². The van der Waals surface area contributed by atoms with Gasteiger partial charge in [-0.1, -0.05) is 55.5 Å². The van der Waals surface area contributed by atoms with Crippen molar-refractivity contribution < 1.29 is 42.1 Å². The van der Waals surface area contributed by atoms with Crippen LogP contribution in [0.4, 0.5) is 5.69 Å². The Hall–Kier alpha value is -1.84. The standard InChI is InChI=1S/C22H22N2O.Y/c1-3-18-12-7-9-17(2)22(18)23-21(25)16-24-14-8-13-20(15-24)19-10-5-4-6-11-19;/h4-15H,3,16H2,1-2H3;/p+1. The van der Waals surface area contributed by atoms with E-state index in [9.17, 15) is 4.79 Å². The molecule has 0 fully saturated rings. The zero-order valence-corrected chi connectivity index (χ0v) is 18.1. The fourth-order valence-corrected chi connectivity index (χ4v) is 2.97. The molecular weight excluding hydrogens is 397 g/mol. The van der Waals surface area contributed by atoms with Gasteiger partial charge in [0.2, 0.25) is 6.54 Å². The largest absolute Gasteiger partial charge is 0.320 e. The average molecular weight is 420 g/mol. The van der Waals surface area contributed by atoms with E-state index in [-0.39, 0.29) is 45.2 Å². The summed E-state index contributed by atoms with van der Waals surface area (Å²) < 4.78 is 1.92. The fraction of sp³-hybridized carbons (Fsp3) is 0.182. The van der Waals surface area contributed by atoms with Crippen LogP contribution >= 0.6 is 0 Å². The molecule has 0 atom stereocenters. The molecule has 3 aromatic rings. The van der Waals surface area contributed by atoms with Crippen molar-refractivity contribution in [3.8, 4) is 11.1 Å². The number of aryl methyl sites for hydroxylation is 2. The van der Waals surface area contributed by atoms with E-state index in [1.807, 2.05) is 60.3 Å². The normalized spacial score (nSPS) is 10.1. The molecular formula is C22H23N2OY+. The van der Waals surface area contributed by atoms with Gasteiger partial charge in [0.05, 0.1) is 0 Å². The van der Waals surface area contributed by atoms with Gasteiger partial charge >= 0.3 is 0 Å². The van der Waals surface area contributed by atoms with Crippen molar-refractivity contribution in [3.05, 3.63) is 84.2 Å². The van der Waals surface area contributed by atoms with Crippen LogP contribution in [0.3, 0.4) is 0 Å². The monoisotopic (exact) mass is 420 g/mol. The van der Waals surface area contributed by atoms with Gasteiger partial charge in [-0.3, -0.25) is 4.79 Å². The molecule has 3 nitrogen and oxygen atoms in total. The van der Waals surface area contributed by atoms with Crippen molar-refractivity contribution in [3.63, 3.8) is 0 Å². The van der Waals surface area contributed by atoms with E-state index in [1.165, 1.54) is 0 Å². The molecule has 0 saturated carbocycles. The smallest absolute Gasteiger partial charge is 0.290 e. The molecule has 26 heavy (non-hydrogen) atoms. The van der Waals surface area contributed by atoms with Crippen LogP contribution in [0.15, 0.2) is 73.1 Å².